The summed E-state index contributed by atoms with van der Waals surface area (Å²) in [5, 5.41) is 8.95. The molecule has 0 aromatic heterocycles. The van der Waals surface area contributed by atoms with E-state index in [1.54, 1.807) is 35.2 Å². The largest absolute Gasteiger partial charge is 0.324 e. The monoisotopic (exact) mass is 454 g/mol. The van der Waals surface area contributed by atoms with E-state index in [9.17, 15) is 13.2 Å². The fraction of sp³-hybridized carbons (Fsp3) is 0.316. The van der Waals surface area contributed by atoms with E-state index in [-0.39, 0.29) is 18.0 Å². The van der Waals surface area contributed by atoms with E-state index in [4.69, 9.17) is 28.3 Å². The number of carbonyl (C=O) groups is 1. The van der Waals surface area contributed by atoms with Gasteiger partial charge in [0.2, 0.25) is 0 Å². The smallest absolute Gasteiger partial charge is 0.321 e. The summed E-state index contributed by atoms with van der Waals surface area (Å²) < 4.78 is 25.4. The minimum atomic E-state index is -3.86. The summed E-state index contributed by atoms with van der Waals surface area (Å²) in [6, 6.07) is 12.1. The minimum absolute atomic E-state index is 0.288. The van der Waals surface area contributed by atoms with Crippen molar-refractivity contribution in [2.24, 2.45) is 5.14 Å². The van der Waals surface area contributed by atoms with Gasteiger partial charge in [-0.05, 0) is 36.6 Å². The number of benzene rings is 2. The number of hydrogen-bond donors (Lipinski definition) is 2. The molecule has 4 rings (SSSR count). The Morgan fingerprint density at radius 1 is 1.03 bits per heavy atom. The number of carbonyl (C=O) groups excluding carboxylic acids is 1. The number of amides is 2. The van der Waals surface area contributed by atoms with E-state index >= 15 is 0 Å². The maximum atomic E-state index is 12.7. The maximum absolute atomic E-state index is 12.7. The molecule has 2 aliphatic rings. The molecule has 29 heavy (non-hydrogen) atoms. The van der Waals surface area contributed by atoms with Crippen molar-refractivity contribution in [3.05, 3.63) is 58.1 Å². The second kappa shape index (κ2) is 7.36. The Hall–Kier alpha value is -2.00. The van der Waals surface area contributed by atoms with Crippen molar-refractivity contribution in [3.63, 3.8) is 0 Å². The highest BCUT2D eigenvalue weighted by atomic mass is 35.5. The Bertz CT molecular complexity index is 1050. The van der Waals surface area contributed by atoms with Crippen LogP contribution in [0.5, 0.6) is 0 Å². The Morgan fingerprint density at radius 2 is 1.66 bits per heavy atom. The average Bonchev–Trinajstić information content (AvgIpc) is 3.00. The second-order valence-corrected chi connectivity index (χ2v) is 9.65. The van der Waals surface area contributed by atoms with E-state index in [1.165, 1.54) is 4.31 Å². The Morgan fingerprint density at radius 3 is 2.28 bits per heavy atom. The third-order valence-corrected chi connectivity index (χ3v) is 7.27. The number of nitrogens with two attached hydrogens (primary N) is 1. The lowest BCUT2D eigenvalue weighted by Crippen LogP contribution is -2.49. The van der Waals surface area contributed by atoms with Gasteiger partial charge in [0.15, 0.2) is 0 Å². The molecule has 7 nitrogen and oxygen atoms in total. The molecule has 1 saturated heterocycles. The summed E-state index contributed by atoms with van der Waals surface area (Å²) in [5.41, 5.74) is 1.61. The summed E-state index contributed by atoms with van der Waals surface area (Å²) in [7, 11) is -3.86. The standard InChI is InChI=1S/C19H20Cl2N4O3S/c20-14-5-3-6-15(21)17(14)23-18(26)24-10-8-19(9-11-24)12-25(29(22,27)28)16-7-2-1-4-13(16)19/h1-7H,8-12H2,(H,23,26)(H2,22,27,28). The number of likely N-dealkylation sites (tertiary alicyclic amines) is 1. The predicted octanol–water partition coefficient (Wildman–Crippen LogP) is 3.58. The number of halogens is 2. The molecule has 1 spiro atoms. The lowest BCUT2D eigenvalue weighted by atomic mass is 9.74. The van der Waals surface area contributed by atoms with Crippen molar-refractivity contribution in [1.82, 2.24) is 4.90 Å². The molecular weight excluding hydrogens is 435 g/mol. The van der Waals surface area contributed by atoms with Gasteiger partial charge in [0, 0.05) is 25.0 Å². The molecule has 3 N–H and O–H groups in total. The molecule has 10 heteroatoms. The third-order valence-electron chi connectivity index (χ3n) is 5.70. The molecule has 0 unspecified atom stereocenters. The molecule has 2 aromatic rings. The number of fused-ring (bicyclic) bond motifs is 2. The Kier molecular flexibility index (Phi) is 5.14. The lowest BCUT2D eigenvalue weighted by Gasteiger charge is -2.39. The normalized spacial score (nSPS) is 18.0. The molecule has 0 radical (unpaired) electrons. The van der Waals surface area contributed by atoms with Crippen LogP contribution >= 0.6 is 23.2 Å². The first-order valence-corrected chi connectivity index (χ1v) is 11.4. The van der Waals surface area contributed by atoms with Gasteiger partial charge in [-0.2, -0.15) is 8.42 Å². The van der Waals surface area contributed by atoms with Crippen LogP contribution in [-0.2, 0) is 15.6 Å². The number of piperidine rings is 1. The number of para-hydroxylation sites is 2. The first-order valence-electron chi connectivity index (χ1n) is 9.11. The van der Waals surface area contributed by atoms with Crippen molar-refractivity contribution < 1.29 is 13.2 Å². The first kappa shape index (κ1) is 20.3. The zero-order valence-electron chi connectivity index (χ0n) is 15.4. The van der Waals surface area contributed by atoms with Crippen molar-refractivity contribution in [3.8, 4) is 0 Å². The second-order valence-electron chi connectivity index (χ2n) is 7.36. The van der Waals surface area contributed by atoms with Crippen molar-refractivity contribution in [1.29, 1.82) is 0 Å². The molecule has 0 saturated carbocycles. The summed E-state index contributed by atoms with van der Waals surface area (Å²) in [6.45, 7) is 1.23. The van der Waals surface area contributed by atoms with Crippen LogP contribution in [0.1, 0.15) is 18.4 Å². The maximum Gasteiger partial charge on any atom is 0.321 e. The Balaban J connectivity index is 1.52. The van der Waals surface area contributed by atoms with Crippen LogP contribution in [0, 0.1) is 0 Å². The molecule has 0 atom stereocenters. The van der Waals surface area contributed by atoms with Crippen LogP contribution in [0.2, 0.25) is 10.0 Å². The van der Waals surface area contributed by atoms with Gasteiger partial charge in [-0.25, -0.2) is 9.93 Å². The highest BCUT2D eigenvalue weighted by Gasteiger charge is 2.47. The number of hydrogen-bond acceptors (Lipinski definition) is 3. The van der Waals surface area contributed by atoms with Crippen molar-refractivity contribution >= 4 is 50.8 Å². The van der Waals surface area contributed by atoms with E-state index in [2.05, 4.69) is 5.32 Å². The summed E-state index contributed by atoms with van der Waals surface area (Å²) >= 11 is 12.3. The fourth-order valence-corrected chi connectivity index (χ4v) is 5.53. The van der Waals surface area contributed by atoms with E-state index in [1.807, 2.05) is 12.1 Å². The summed E-state index contributed by atoms with van der Waals surface area (Å²) in [4.78, 5) is 14.4. The van der Waals surface area contributed by atoms with Gasteiger partial charge in [-0.3, -0.25) is 4.31 Å². The minimum Gasteiger partial charge on any atom is -0.324 e. The molecule has 154 valence electrons. The van der Waals surface area contributed by atoms with Crippen LogP contribution in [0.15, 0.2) is 42.5 Å². The number of anilines is 2. The van der Waals surface area contributed by atoms with Gasteiger partial charge >= 0.3 is 6.03 Å². The van der Waals surface area contributed by atoms with Crippen LogP contribution < -0.4 is 14.8 Å². The molecule has 0 bridgehead atoms. The number of rotatable bonds is 2. The molecule has 1 fully saturated rings. The van der Waals surface area contributed by atoms with E-state index in [0.717, 1.165) is 5.56 Å². The van der Waals surface area contributed by atoms with Gasteiger partial charge in [0.05, 0.1) is 21.4 Å². The highest BCUT2D eigenvalue weighted by molar-refractivity contribution is 7.90. The molecule has 2 aliphatic heterocycles. The quantitative estimate of drug-likeness (QED) is 0.725. The first-order chi connectivity index (χ1) is 13.7. The molecule has 0 aliphatic carbocycles. The number of urea groups is 1. The Labute approximate surface area is 179 Å². The zero-order chi connectivity index (χ0) is 20.8. The van der Waals surface area contributed by atoms with Gasteiger partial charge in [0.25, 0.3) is 10.2 Å². The third kappa shape index (κ3) is 3.66. The molecule has 2 amide bonds. The van der Waals surface area contributed by atoms with Crippen LogP contribution in [0.3, 0.4) is 0 Å². The fourth-order valence-electron chi connectivity index (χ4n) is 4.18. The molecular formula is C19H20Cl2N4O3S. The van der Waals surface area contributed by atoms with E-state index in [0.29, 0.717) is 47.4 Å². The molecule has 2 aromatic carbocycles. The summed E-state index contributed by atoms with van der Waals surface area (Å²) in [5.74, 6) is 0. The SMILES string of the molecule is NS(=O)(=O)N1CC2(CCN(C(=O)Nc3c(Cl)cccc3Cl)CC2)c2ccccc21. The molecule has 2 heterocycles. The van der Waals surface area contributed by atoms with Crippen LogP contribution in [-0.4, -0.2) is 39.0 Å². The average molecular weight is 455 g/mol. The van der Waals surface area contributed by atoms with Crippen LogP contribution in [0.4, 0.5) is 16.2 Å². The van der Waals surface area contributed by atoms with Crippen molar-refractivity contribution in [2.45, 2.75) is 18.3 Å². The van der Waals surface area contributed by atoms with Gasteiger partial charge < -0.3 is 10.2 Å². The highest BCUT2D eigenvalue weighted by Crippen LogP contribution is 2.47. The van der Waals surface area contributed by atoms with Crippen molar-refractivity contribution in [2.75, 3.05) is 29.3 Å². The van der Waals surface area contributed by atoms with Gasteiger partial charge in [-0.1, -0.05) is 47.5 Å². The van der Waals surface area contributed by atoms with E-state index < -0.39 is 10.2 Å². The van der Waals surface area contributed by atoms with Gasteiger partial charge in [0.1, 0.15) is 0 Å². The topological polar surface area (TPSA) is 95.7 Å². The van der Waals surface area contributed by atoms with Crippen LogP contribution in [0.25, 0.3) is 0 Å². The predicted molar refractivity (Wildman–Crippen MR) is 115 cm³/mol. The zero-order valence-corrected chi connectivity index (χ0v) is 17.8. The number of nitrogens with zero attached hydrogens (tertiary/aromatic N) is 2. The lowest BCUT2D eigenvalue weighted by molar-refractivity contribution is 0.173. The van der Waals surface area contributed by atoms with Gasteiger partial charge in [-0.15, -0.1) is 0 Å². The summed E-state index contributed by atoms with van der Waals surface area (Å²) in [6.07, 6.45) is 1.25. The number of nitrogens with one attached hydrogen (secondary N) is 1.